The van der Waals surface area contributed by atoms with Crippen molar-refractivity contribution in [1.82, 2.24) is 15.8 Å². The van der Waals surface area contributed by atoms with Gasteiger partial charge in [0.15, 0.2) is 0 Å². The van der Waals surface area contributed by atoms with Gasteiger partial charge in [0.2, 0.25) is 5.91 Å². The molecule has 2 saturated heterocycles. The third kappa shape index (κ3) is 4.00. The third-order valence-corrected chi connectivity index (χ3v) is 4.40. The predicted molar refractivity (Wildman–Crippen MR) is 87.1 cm³/mol. The lowest BCUT2D eigenvalue weighted by Gasteiger charge is -2.30. The number of carbonyl (C=O) groups excluding carboxylic acids is 2. The van der Waals surface area contributed by atoms with E-state index in [-0.39, 0.29) is 18.0 Å². The topological polar surface area (TPSA) is 69.1 Å². The molecule has 124 valence electrons. The number of nitrogens with zero attached hydrogens (tertiary/aromatic N) is 2. The Hall–Kier alpha value is -2.12. The Labute approximate surface area is 136 Å². The molecule has 7 nitrogen and oxygen atoms in total. The van der Waals surface area contributed by atoms with E-state index in [4.69, 9.17) is 0 Å². The Bertz CT molecular complexity index is 557. The number of quaternary nitrogens is 1. The normalized spacial score (nSPS) is 23.1. The number of hydrogen-bond donors (Lipinski definition) is 3. The van der Waals surface area contributed by atoms with Gasteiger partial charge in [-0.3, -0.25) is 10.2 Å². The van der Waals surface area contributed by atoms with Crippen molar-refractivity contribution in [3.8, 4) is 0 Å². The average Bonchev–Trinajstić information content (AvgIpc) is 2.91. The summed E-state index contributed by atoms with van der Waals surface area (Å²) in [6.45, 7) is 4.25. The van der Waals surface area contributed by atoms with Crippen LogP contribution >= 0.6 is 0 Å². The minimum Gasteiger partial charge on any atom is -0.335 e. The predicted octanol–water partition coefficient (Wildman–Crippen LogP) is -1.16. The van der Waals surface area contributed by atoms with Crippen molar-refractivity contribution in [2.24, 2.45) is 0 Å². The van der Waals surface area contributed by atoms with E-state index in [0.29, 0.717) is 13.0 Å². The fraction of sp³-hybridized carbons (Fsp3) is 0.500. The van der Waals surface area contributed by atoms with E-state index in [1.807, 2.05) is 35.3 Å². The Kier molecular flexibility index (Phi) is 4.78. The molecule has 0 aliphatic carbocycles. The number of likely N-dealkylation sites (N-methyl/N-ethyl adjacent to an activating group) is 1. The van der Waals surface area contributed by atoms with E-state index in [0.717, 1.165) is 31.9 Å². The molecule has 1 aromatic carbocycles. The molecule has 0 aromatic heterocycles. The number of benzene rings is 1. The van der Waals surface area contributed by atoms with E-state index in [9.17, 15) is 9.59 Å². The molecule has 23 heavy (non-hydrogen) atoms. The lowest BCUT2D eigenvalue weighted by atomic mass is 10.2. The summed E-state index contributed by atoms with van der Waals surface area (Å²) < 4.78 is 0. The van der Waals surface area contributed by atoms with Crippen LogP contribution in [-0.2, 0) is 4.79 Å². The highest BCUT2D eigenvalue weighted by Crippen LogP contribution is 2.20. The van der Waals surface area contributed by atoms with Gasteiger partial charge in [-0.25, -0.2) is 9.80 Å². The van der Waals surface area contributed by atoms with E-state index in [1.165, 1.54) is 4.90 Å². The number of carbonyl (C=O) groups is 2. The Morgan fingerprint density at radius 1 is 1.22 bits per heavy atom. The van der Waals surface area contributed by atoms with Crippen molar-refractivity contribution in [2.45, 2.75) is 12.5 Å². The molecule has 0 radical (unpaired) electrons. The molecule has 0 bridgehead atoms. The van der Waals surface area contributed by atoms with Gasteiger partial charge in [0.25, 0.3) is 0 Å². The molecule has 2 heterocycles. The molecule has 0 unspecified atom stereocenters. The van der Waals surface area contributed by atoms with Crippen molar-refractivity contribution >= 4 is 17.6 Å². The number of anilines is 1. The lowest BCUT2D eigenvalue weighted by Crippen LogP contribution is -3.12. The molecular formula is C16H24N5O2+. The number of nitrogens with one attached hydrogen (secondary N) is 3. The number of para-hydroxylation sites is 1. The fourth-order valence-electron chi connectivity index (χ4n) is 3.02. The highest BCUT2D eigenvalue weighted by molar-refractivity contribution is 5.96. The summed E-state index contributed by atoms with van der Waals surface area (Å²) in [6, 6.07) is 9.18. The highest BCUT2D eigenvalue weighted by atomic mass is 16.2. The smallest absolute Gasteiger partial charge is 0.329 e. The molecule has 1 atom stereocenters. The van der Waals surface area contributed by atoms with Gasteiger partial charge in [-0.2, -0.15) is 0 Å². The fourth-order valence-corrected chi connectivity index (χ4v) is 3.02. The minimum absolute atomic E-state index is 0.0460. The summed E-state index contributed by atoms with van der Waals surface area (Å²) in [5, 5.41) is 4.85. The Morgan fingerprint density at radius 2 is 1.91 bits per heavy atom. The largest absolute Gasteiger partial charge is 0.335 e. The molecule has 0 spiro atoms. The summed E-state index contributed by atoms with van der Waals surface area (Å²) in [4.78, 5) is 27.4. The molecule has 0 saturated carbocycles. The Morgan fingerprint density at radius 3 is 2.61 bits per heavy atom. The van der Waals surface area contributed by atoms with Gasteiger partial charge in [0, 0.05) is 18.7 Å². The van der Waals surface area contributed by atoms with Gasteiger partial charge >= 0.3 is 6.03 Å². The maximum atomic E-state index is 12.1. The molecule has 3 amide bonds. The van der Waals surface area contributed by atoms with Crippen molar-refractivity contribution < 1.29 is 14.5 Å². The van der Waals surface area contributed by atoms with Crippen LogP contribution in [0.25, 0.3) is 0 Å². The van der Waals surface area contributed by atoms with Crippen molar-refractivity contribution in [1.29, 1.82) is 0 Å². The summed E-state index contributed by atoms with van der Waals surface area (Å²) in [5.41, 5.74) is 3.75. The van der Waals surface area contributed by atoms with Crippen LogP contribution in [0.5, 0.6) is 0 Å². The van der Waals surface area contributed by atoms with Crippen molar-refractivity contribution in [3.63, 3.8) is 0 Å². The van der Waals surface area contributed by atoms with Gasteiger partial charge in [-0.05, 0) is 12.1 Å². The molecule has 2 fully saturated rings. The number of amides is 3. The summed E-state index contributed by atoms with van der Waals surface area (Å²) in [7, 11) is 2.15. The molecular weight excluding hydrogens is 294 g/mol. The van der Waals surface area contributed by atoms with Crippen molar-refractivity contribution in [3.05, 3.63) is 30.3 Å². The first-order valence-corrected chi connectivity index (χ1v) is 8.10. The van der Waals surface area contributed by atoms with Gasteiger partial charge in [0.1, 0.15) is 0 Å². The number of piperazine rings is 1. The maximum Gasteiger partial charge on any atom is 0.329 e. The molecule has 3 rings (SSSR count). The SMILES string of the molecule is C[NH+]1CCN(NC(=O)N[C@H]2CC(=O)N(c3ccccc3)C2)CC1. The zero-order chi connectivity index (χ0) is 16.2. The van der Waals surface area contributed by atoms with Crippen LogP contribution in [0.3, 0.4) is 0 Å². The van der Waals surface area contributed by atoms with Gasteiger partial charge in [-0.1, -0.05) is 18.2 Å². The number of rotatable bonds is 3. The summed E-state index contributed by atoms with van der Waals surface area (Å²) in [6.07, 6.45) is 0.342. The van der Waals surface area contributed by atoms with Crippen LogP contribution in [0.4, 0.5) is 10.5 Å². The van der Waals surface area contributed by atoms with Crippen LogP contribution < -0.4 is 20.5 Å². The minimum atomic E-state index is -0.225. The first kappa shape index (κ1) is 15.8. The standard InChI is InChI=1S/C16H23N5O2/c1-19-7-9-20(10-8-19)18-16(23)17-13-11-15(22)21(12-13)14-5-3-2-4-6-14/h2-6,13H,7-12H2,1H3,(H2,17,18,23)/p+1/t13-/m0/s1. The zero-order valence-electron chi connectivity index (χ0n) is 13.4. The molecule has 7 heteroatoms. The quantitative estimate of drug-likeness (QED) is 0.658. The van der Waals surface area contributed by atoms with Gasteiger partial charge < -0.3 is 15.1 Å². The summed E-state index contributed by atoms with van der Waals surface area (Å²) in [5.74, 6) is 0.0460. The third-order valence-electron chi connectivity index (χ3n) is 4.40. The maximum absolute atomic E-state index is 12.1. The molecule has 2 aliphatic heterocycles. The molecule has 3 N–H and O–H groups in total. The highest BCUT2D eigenvalue weighted by Gasteiger charge is 2.31. The first-order chi connectivity index (χ1) is 11.1. The Balaban J connectivity index is 1.49. The average molecular weight is 318 g/mol. The van der Waals surface area contributed by atoms with E-state index in [2.05, 4.69) is 17.8 Å². The van der Waals surface area contributed by atoms with E-state index in [1.54, 1.807) is 4.90 Å². The van der Waals surface area contributed by atoms with E-state index < -0.39 is 0 Å². The first-order valence-electron chi connectivity index (χ1n) is 8.10. The second-order valence-electron chi connectivity index (χ2n) is 6.27. The van der Waals surface area contributed by atoms with Crippen LogP contribution in [0.1, 0.15) is 6.42 Å². The van der Waals surface area contributed by atoms with Crippen molar-refractivity contribution in [2.75, 3.05) is 44.7 Å². The number of hydrogen-bond acceptors (Lipinski definition) is 3. The molecule has 2 aliphatic rings. The van der Waals surface area contributed by atoms with Gasteiger partial charge in [0.05, 0.1) is 39.3 Å². The zero-order valence-corrected chi connectivity index (χ0v) is 13.4. The monoisotopic (exact) mass is 318 g/mol. The second-order valence-corrected chi connectivity index (χ2v) is 6.27. The van der Waals surface area contributed by atoms with E-state index >= 15 is 0 Å². The number of urea groups is 1. The summed E-state index contributed by atoms with van der Waals surface area (Å²) >= 11 is 0. The second kappa shape index (κ2) is 6.97. The van der Waals surface area contributed by atoms with Gasteiger partial charge in [-0.15, -0.1) is 0 Å². The molecule has 1 aromatic rings. The van der Waals surface area contributed by atoms with Crippen LogP contribution in [-0.4, -0.2) is 62.8 Å². The van der Waals surface area contributed by atoms with Crippen LogP contribution in [0, 0.1) is 0 Å². The van der Waals surface area contributed by atoms with Crippen LogP contribution in [0.15, 0.2) is 30.3 Å². The van der Waals surface area contributed by atoms with Crippen LogP contribution in [0.2, 0.25) is 0 Å². The number of hydrazine groups is 1. The lowest BCUT2D eigenvalue weighted by molar-refractivity contribution is -0.884.